The summed E-state index contributed by atoms with van der Waals surface area (Å²) in [5.74, 6) is 1.63. The minimum atomic E-state index is 0.0671. The van der Waals surface area contributed by atoms with Crippen molar-refractivity contribution in [3.05, 3.63) is 54.1 Å². The summed E-state index contributed by atoms with van der Waals surface area (Å²) in [4.78, 5) is 0. The summed E-state index contributed by atoms with van der Waals surface area (Å²) >= 11 is 0. The first-order chi connectivity index (χ1) is 9.65. The zero-order valence-corrected chi connectivity index (χ0v) is 11.8. The van der Waals surface area contributed by atoms with Crippen LogP contribution in [0.5, 0.6) is 11.5 Å². The van der Waals surface area contributed by atoms with E-state index in [9.17, 15) is 0 Å². The number of benzene rings is 2. The molecule has 104 valence electrons. The van der Waals surface area contributed by atoms with Crippen LogP contribution in [0.3, 0.4) is 0 Å². The van der Waals surface area contributed by atoms with Crippen molar-refractivity contribution in [2.24, 2.45) is 0 Å². The van der Waals surface area contributed by atoms with Gasteiger partial charge in [0.25, 0.3) is 0 Å². The van der Waals surface area contributed by atoms with Gasteiger partial charge in [0.05, 0.1) is 0 Å². The maximum atomic E-state index is 5.39. The van der Waals surface area contributed by atoms with Gasteiger partial charge in [0, 0.05) is 23.7 Å². The summed E-state index contributed by atoms with van der Waals surface area (Å²) in [5, 5.41) is 3.48. The number of hydrogen-bond donors (Lipinski definition) is 1. The Bertz CT molecular complexity index is 593. The Balaban J connectivity index is 1.70. The largest absolute Gasteiger partial charge is 0.454 e. The molecule has 0 bridgehead atoms. The van der Waals surface area contributed by atoms with Gasteiger partial charge in [-0.1, -0.05) is 44.2 Å². The van der Waals surface area contributed by atoms with E-state index in [1.54, 1.807) is 0 Å². The van der Waals surface area contributed by atoms with Crippen molar-refractivity contribution < 1.29 is 9.47 Å². The molecule has 0 atom stereocenters. The van der Waals surface area contributed by atoms with Crippen molar-refractivity contribution in [1.29, 1.82) is 0 Å². The molecule has 0 aliphatic carbocycles. The normalized spacial score (nSPS) is 13.3. The van der Waals surface area contributed by atoms with E-state index >= 15 is 0 Å². The first-order valence-electron chi connectivity index (χ1n) is 6.84. The lowest BCUT2D eigenvalue weighted by Crippen LogP contribution is -2.27. The molecule has 0 amide bonds. The molecule has 0 spiro atoms. The highest BCUT2D eigenvalue weighted by atomic mass is 16.7. The van der Waals surface area contributed by atoms with Crippen molar-refractivity contribution in [3.63, 3.8) is 0 Å². The SMILES string of the molecule is CC(C)(CNc1ccc2c(c1)OCO2)c1ccccc1. The summed E-state index contributed by atoms with van der Waals surface area (Å²) < 4.78 is 10.7. The first-order valence-corrected chi connectivity index (χ1v) is 6.84. The van der Waals surface area contributed by atoms with Gasteiger partial charge < -0.3 is 14.8 Å². The summed E-state index contributed by atoms with van der Waals surface area (Å²) in [6.07, 6.45) is 0. The van der Waals surface area contributed by atoms with Crippen LogP contribution in [0.1, 0.15) is 19.4 Å². The number of rotatable bonds is 4. The van der Waals surface area contributed by atoms with Gasteiger partial charge in [-0.15, -0.1) is 0 Å². The third-order valence-corrected chi connectivity index (χ3v) is 3.66. The third-order valence-electron chi connectivity index (χ3n) is 3.66. The van der Waals surface area contributed by atoms with Crippen LogP contribution < -0.4 is 14.8 Å². The molecule has 0 radical (unpaired) electrons. The van der Waals surface area contributed by atoms with Crippen molar-refractivity contribution in [1.82, 2.24) is 0 Å². The van der Waals surface area contributed by atoms with Gasteiger partial charge in [-0.25, -0.2) is 0 Å². The van der Waals surface area contributed by atoms with Crippen molar-refractivity contribution in [2.75, 3.05) is 18.7 Å². The minimum Gasteiger partial charge on any atom is -0.454 e. The fourth-order valence-electron chi connectivity index (χ4n) is 2.32. The van der Waals surface area contributed by atoms with E-state index in [0.717, 1.165) is 23.7 Å². The fourth-order valence-corrected chi connectivity index (χ4v) is 2.32. The number of fused-ring (bicyclic) bond motifs is 1. The zero-order chi connectivity index (χ0) is 14.0. The van der Waals surface area contributed by atoms with Gasteiger partial charge >= 0.3 is 0 Å². The molecule has 2 aromatic carbocycles. The maximum absolute atomic E-state index is 5.39. The van der Waals surface area contributed by atoms with E-state index in [1.165, 1.54) is 5.56 Å². The van der Waals surface area contributed by atoms with Gasteiger partial charge in [-0.3, -0.25) is 0 Å². The molecular weight excluding hydrogens is 250 g/mol. The monoisotopic (exact) mass is 269 g/mol. The van der Waals surface area contributed by atoms with E-state index in [2.05, 4.69) is 43.4 Å². The van der Waals surface area contributed by atoms with Crippen LogP contribution in [0.2, 0.25) is 0 Å². The highest BCUT2D eigenvalue weighted by molar-refractivity contribution is 5.55. The molecule has 3 rings (SSSR count). The Hall–Kier alpha value is -2.16. The van der Waals surface area contributed by atoms with E-state index in [0.29, 0.717) is 6.79 Å². The topological polar surface area (TPSA) is 30.5 Å². The molecule has 1 aliphatic heterocycles. The summed E-state index contributed by atoms with van der Waals surface area (Å²) in [7, 11) is 0. The second kappa shape index (κ2) is 5.08. The molecule has 1 N–H and O–H groups in total. The molecule has 0 unspecified atom stereocenters. The number of anilines is 1. The number of ether oxygens (including phenoxy) is 2. The van der Waals surface area contributed by atoms with Gasteiger partial charge in [0.15, 0.2) is 11.5 Å². The van der Waals surface area contributed by atoms with E-state index in [1.807, 2.05) is 24.3 Å². The second-order valence-electron chi connectivity index (χ2n) is 5.67. The Labute approximate surface area is 119 Å². The molecule has 3 nitrogen and oxygen atoms in total. The maximum Gasteiger partial charge on any atom is 0.231 e. The number of nitrogens with one attached hydrogen (secondary N) is 1. The van der Waals surface area contributed by atoms with E-state index in [-0.39, 0.29) is 5.41 Å². The van der Waals surface area contributed by atoms with E-state index < -0.39 is 0 Å². The van der Waals surface area contributed by atoms with Crippen LogP contribution in [-0.2, 0) is 5.41 Å². The third kappa shape index (κ3) is 2.57. The quantitative estimate of drug-likeness (QED) is 0.915. The van der Waals surface area contributed by atoms with Crippen molar-refractivity contribution in [3.8, 4) is 11.5 Å². The van der Waals surface area contributed by atoms with Crippen LogP contribution in [0.25, 0.3) is 0 Å². The molecule has 0 saturated heterocycles. The van der Waals surface area contributed by atoms with Gasteiger partial charge in [0.1, 0.15) is 0 Å². The highest BCUT2D eigenvalue weighted by Gasteiger charge is 2.20. The Kier molecular flexibility index (Phi) is 3.26. The Morgan fingerprint density at radius 2 is 1.75 bits per heavy atom. The molecule has 0 saturated carbocycles. The molecule has 2 aromatic rings. The van der Waals surface area contributed by atoms with Crippen LogP contribution in [0.4, 0.5) is 5.69 Å². The Morgan fingerprint density at radius 3 is 2.55 bits per heavy atom. The predicted molar refractivity (Wildman–Crippen MR) is 80.5 cm³/mol. The molecular formula is C17H19NO2. The smallest absolute Gasteiger partial charge is 0.231 e. The second-order valence-corrected chi connectivity index (χ2v) is 5.67. The van der Waals surface area contributed by atoms with Crippen LogP contribution in [-0.4, -0.2) is 13.3 Å². The lowest BCUT2D eigenvalue weighted by atomic mass is 9.84. The van der Waals surface area contributed by atoms with E-state index in [4.69, 9.17) is 9.47 Å². The molecule has 0 aromatic heterocycles. The predicted octanol–water partition coefficient (Wildman–Crippen LogP) is 3.81. The highest BCUT2D eigenvalue weighted by Crippen LogP contribution is 2.34. The van der Waals surface area contributed by atoms with Gasteiger partial charge in [0.2, 0.25) is 6.79 Å². The lowest BCUT2D eigenvalue weighted by Gasteiger charge is -2.26. The summed E-state index contributed by atoms with van der Waals surface area (Å²) in [5.41, 5.74) is 2.45. The first kappa shape index (κ1) is 12.9. The average molecular weight is 269 g/mol. The standard InChI is InChI=1S/C17H19NO2/c1-17(2,13-6-4-3-5-7-13)11-18-14-8-9-15-16(10-14)20-12-19-15/h3-10,18H,11-12H2,1-2H3. The summed E-state index contributed by atoms with van der Waals surface area (Å²) in [6.45, 7) is 5.65. The van der Waals surface area contributed by atoms with Crippen molar-refractivity contribution in [2.45, 2.75) is 19.3 Å². The average Bonchev–Trinajstić information content (AvgIpc) is 2.94. The summed E-state index contributed by atoms with van der Waals surface area (Å²) in [6, 6.07) is 16.5. The number of hydrogen-bond acceptors (Lipinski definition) is 3. The lowest BCUT2D eigenvalue weighted by molar-refractivity contribution is 0.174. The van der Waals surface area contributed by atoms with Gasteiger partial charge in [-0.2, -0.15) is 0 Å². The molecule has 0 fully saturated rings. The van der Waals surface area contributed by atoms with Crippen LogP contribution in [0.15, 0.2) is 48.5 Å². The minimum absolute atomic E-state index is 0.0671. The van der Waals surface area contributed by atoms with Crippen molar-refractivity contribution >= 4 is 5.69 Å². The fraction of sp³-hybridized carbons (Fsp3) is 0.294. The Morgan fingerprint density at radius 1 is 1.00 bits per heavy atom. The van der Waals surface area contributed by atoms with Gasteiger partial charge in [-0.05, 0) is 17.7 Å². The molecule has 20 heavy (non-hydrogen) atoms. The molecule has 1 heterocycles. The van der Waals surface area contributed by atoms with Crippen LogP contribution >= 0.6 is 0 Å². The van der Waals surface area contributed by atoms with Crippen LogP contribution in [0, 0.1) is 0 Å². The zero-order valence-electron chi connectivity index (χ0n) is 11.8. The molecule has 1 aliphatic rings. The molecule has 3 heteroatoms.